The van der Waals surface area contributed by atoms with Crippen molar-refractivity contribution in [2.45, 2.75) is 0 Å². The summed E-state index contributed by atoms with van der Waals surface area (Å²) in [6, 6.07) is 0. The predicted octanol–water partition coefficient (Wildman–Crippen LogP) is -0.592. The van der Waals surface area contributed by atoms with E-state index in [2.05, 4.69) is 4.74 Å². The second-order valence-electron chi connectivity index (χ2n) is 0.332. The van der Waals surface area contributed by atoms with Crippen LogP contribution in [0.4, 0.5) is 0 Å². The molecular weight excluding hydrogens is 175 g/mol. The summed E-state index contributed by atoms with van der Waals surface area (Å²) in [4.78, 5) is 8.95. The van der Waals surface area contributed by atoms with Crippen molar-refractivity contribution in [1.29, 1.82) is 0 Å². The summed E-state index contributed by atoms with van der Waals surface area (Å²) in [5.41, 5.74) is 0. The molecule has 0 unspecified atom stereocenters. The Kier molecular flexibility index (Phi) is 15.9. The molecule has 0 aromatic heterocycles. The van der Waals surface area contributed by atoms with Gasteiger partial charge in [0.25, 0.3) is 6.47 Å². The summed E-state index contributed by atoms with van der Waals surface area (Å²) in [5, 5.41) is 0. The van der Waals surface area contributed by atoms with Crippen LogP contribution in [-0.4, -0.2) is 37.5 Å². The molecule has 0 spiro atoms. The van der Waals surface area contributed by atoms with E-state index in [4.69, 9.17) is 4.79 Å². The Morgan fingerprint density at radius 3 is 2.00 bits per heavy atom. The summed E-state index contributed by atoms with van der Waals surface area (Å²) >= 11 is 0. The fourth-order valence-corrected chi connectivity index (χ4v) is 0. The van der Waals surface area contributed by atoms with Crippen LogP contribution in [0.1, 0.15) is 0 Å². The first kappa shape index (κ1) is 8.99. The second-order valence-corrected chi connectivity index (χ2v) is 0.332. The van der Waals surface area contributed by atoms with Gasteiger partial charge in [0, 0.05) is 23.9 Å². The van der Waals surface area contributed by atoms with Gasteiger partial charge in [0.1, 0.15) is 0 Å². The molecule has 0 atom stereocenters. The molecule has 4 radical (unpaired) electrons. The topological polar surface area (TPSA) is 26.3 Å². The average Bonchev–Trinajstić information content (AvgIpc) is 1.37. The molecule has 0 heterocycles. The molecule has 3 heteroatoms. The van der Waals surface area contributed by atoms with E-state index in [-0.39, 0.29) is 23.9 Å². The molecule has 0 aromatic rings. The fourth-order valence-electron chi connectivity index (χ4n) is 0. The van der Waals surface area contributed by atoms with Gasteiger partial charge in [-0.15, -0.1) is 0 Å². The van der Waals surface area contributed by atoms with Gasteiger partial charge in [-0.3, -0.25) is 4.79 Å². The Balaban J connectivity index is 0. The average molecular weight is 179 g/mol. The number of hydrogen-bond donors (Lipinski definition) is 0. The van der Waals surface area contributed by atoms with Gasteiger partial charge < -0.3 is 4.74 Å². The zero-order valence-electron chi connectivity index (χ0n) is 2.89. The third-order valence-electron chi connectivity index (χ3n) is 0.0962. The van der Waals surface area contributed by atoms with Gasteiger partial charge in [-0.1, -0.05) is 0 Å². The van der Waals surface area contributed by atoms with E-state index >= 15 is 0 Å². The van der Waals surface area contributed by atoms with Crippen molar-refractivity contribution < 1.29 is 9.53 Å². The van der Waals surface area contributed by atoms with E-state index in [1.54, 1.807) is 0 Å². The molecule has 0 aliphatic rings. The van der Waals surface area contributed by atoms with Crippen LogP contribution in [0.5, 0.6) is 0 Å². The molecule has 5 heavy (non-hydrogen) atoms. The van der Waals surface area contributed by atoms with Crippen LogP contribution in [-0.2, 0) is 9.53 Å². The van der Waals surface area contributed by atoms with Crippen molar-refractivity contribution in [2.24, 2.45) is 0 Å². The van der Waals surface area contributed by atoms with Gasteiger partial charge in [0.15, 0.2) is 0 Å². The summed E-state index contributed by atoms with van der Waals surface area (Å²) in [6.07, 6.45) is 0. The van der Waals surface area contributed by atoms with E-state index in [0.29, 0.717) is 6.47 Å². The molecule has 0 aliphatic carbocycles. The second kappa shape index (κ2) is 8.86. The van der Waals surface area contributed by atoms with Crippen molar-refractivity contribution in [1.82, 2.24) is 0 Å². The summed E-state index contributed by atoms with van der Waals surface area (Å²) < 4.78 is 3.86. The molecule has 0 aromatic carbocycles. The van der Waals surface area contributed by atoms with Gasteiger partial charge in [0.05, 0.1) is 7.11 Å². The van der Waals surface area contributed by atoms with Crippen LogP contribution in [0.15, 0.2) is 0 Å². The SMILES string of the molecule is COC=O.[Sn]. The first-order valence-electron chi connectivity index (χ1n) is 0.880. The molecular formula is C2H4O2Sn. The van der Waals surface area contributed by atoms with Crippen LogP contribution in [0.2, 0.25) is 0 Å². The van der Waals surface area contributed by atoms with Gasteiger partial charge in [-0.05, 0) is 0 Å². The molecule has 0 bridgehead atoms. The van der Waals surface area contributed by atoms with Crippen molar-refractivity contribution in [3.05, 3.63) is 0 Å². The smallest absolute Gasteiger partial charge is 0.292 e. The maximum Gasteiger partial charge on any atom is 0.292 e. The minimum Gasteiger partial charge on any atom is -0.471 e. The van der Waals surface area contributed by atoms with Crippen LogP contribution in [0.3, 0.4) is 0 Å². The van der Waals surface area contributed by atoms with E-state index in [9.17, 15) is 0 Å². The Bertz CT molecular complexity index is 21.6. The third kappa shape index (κ3) is 13.6. The Morgan fingerprint density at radius 1 is 1.80 bits per heavy atom. The minimum atomic E-state index is 0. The monoisotopic (exact) mass is 180 g/mol. The van der Waals surface area contributed by atoms with Crippen molar-refractivity contribution in [3.8, 4) is 0 Å². The van der Waals surface area contributed by atoms with E-state index in [1.165, 1.54) is 7.11 Å². The fraction of sp³-hybridized carbons (Fsp3) is 0.500. The molecule has 0 amide bonds. The molecule has 0 aliphatic heterocycles. The first-order valence-corrected chi connectivity index (χ1v) is 0.880. The summed E-state index contributed by atoms with van der Waals surface area (Å²) in [7, 11) is 1.31. The van der Waals surface area contributed by atoms with Gasteiger partial charge in [-0.25, -0.2) is 0 Å². The normalized spacial score (nSPS) is 4.20. The summed E-state index contributed by atoms with van der Waals surface area (Å²) in [5.74, 6) is 0. The summed E-state index contributed by atoms with van der Waals surface area (Å²) in [6.45, 7) is 0.375. The number of ether oxygens (including phenoxy) is 1. The molecule has 2 nitrogen and oxygen atoms in total. The Morgan fingerprint density at radius 2 is 2.00 bits per heavy atom. The standard InChI is InChI=1S/C2H4O2.Sn/c1-4-2-3;/h2H,1H3;. The van der Waals surface area contributed by atoms with Gasteiger partial charge in [-0.2, -0.15) is 0 Å². The van der Waals surface area contributed by atoms with E-state index in [0.717, 1.165) is 0 Å². The van der Waals surface area contributed by atoms with Crippen molar-refractivity contribution in [3.63, 3.8) is 0 Å². The maximum absolute atomic E-state index is 8.95. The van der Waals surface area contributed by atoms with E-state index < -0.39 is 0 Å². The molecule has 0 N–H and O–H groups in total. The number of hydrogen-bond acceptors (Lipinski definition) is 2. The molecule has 28 valence electrons. The largest absolute Gasteiger partial charge is 0.471 e. The predicted molar refractivity (Wildman–Crippen MR) is 18.8 cm³/mol. The Hall–Kier alpha value is 0.269. The molecule has 0 saturated heterocycles. The zero-order chi connectivity index (χ0) is 3.41. The van der Waals surface area contributed by atoms with Crippen LogP contribution in [0, 0.1) is 0 Å². The van der Waals surface area contributed by atoms with Gasteiger partial charge in [0.2, 0.25) is 0 Å². The maximum atomic E-state index is 8.95. The zero-order valence-corrected chi connectivity index (χ0v) is 5.75. The minimum absolute atomic E-state index is 0. The number of rotatable bonds is 1. The molecule has 0 saturated carbocycles. The Labute approximate surface area is 47.5 Å². The number of carbonyl (C=O) groups excluding carboxylic acids is 1. The van der Waals surface area contributed by atoms with Gasteiger partial charge >= 0.3 is 0 Å². The van der Waals surface area contributed by atoms with Crippen LogP contribution >= 0.6 is 0 Å². The molecule has 0 rings (SSSR count). The van der Waals surface area contributed by atoms with Crippen molar-refractivity contribution >= 4 is 30.4 Å². The number of carbonyl (C=O) groups is 1. The van der Waals surface area contributed by atoms with Crippen LogP contribution < -0.4 is 0 Å². The molecule has 0 fully saturated rings. The van der Waals surface area contributed by atoms with E-state index in [1.807, 2.05) is 0 Å². The quantitative estimate of drug-likeness (QED) is 0.397. The first-order chi connectivity index (χ1) is 1.91. The van der Waals surface area contributed by atoms with Crippen LogP contribution in [0.25, 0.3) is 0 Å². The van der Waals surface area contributed by atoms with Crippen molar-refractivity contribution in [2.75, 3.05) is 7.11 Å². The third-order valence-corrected chi connectivity index (χ3v) is 0.0962. The number of methoxy groups -OCH3 is 1.